The summed E-state index contributed by atoms with van der Waals surface area (Å²) in [6.07, 6.45) is 3.50. The average Bonchev–Trinajstić information content (AvgIpc) is 2.70. The number of sulfone groups is 1. The molecule has 3 aromatic rings. The first-order valence-corrected chi connectivity index (χ1v) is 8.89. The Kier molecular flexibility index (Phi) is 6.28. The predicted octanol–water partition coefficient (Wildman–Crippen LogP) is 3.42. The third kappa shape index (κ3) is 5.16. The normalized spacial score (nSPS) is 10.4. The van der Waals surface area contributed by atoms with E-state index in [2.05, 4.69) is 4.98 Å². The van der Waals surface area contributed by atoms with Gasteiger partial charge in [0, 0.05) is 36.7 Å². The second kappa shape index (κ2) is 8.63. The van der Waals surface area contributed by atoms with Gasteiger partial charge < -0.3 is 0 Å². The lowest BCUT2D eigenvalue weighted by molar-refractivity contribution is -0.385. The highest BCUT2D eigenvalue weighted by molar-refractivity contribution is 7.91. The minimum absolute atomic E-state index is 0.294. The fourth-order valence-electron chi connectivity index (χ4n) is 1.98. The predicted molar refractivity (Wildman–Crippen MR) is 95.9 cm³/mol. The summed E-state index contributed by atoms with van der Waals surface area (Å²) in [5.74, 6) is 0. The van der Waals surface area contributed by atoms with Gasteiger partial charge in [0.2, 0.25) is 9.84 Å². The van der Waals surface area contributed by atoms with Gasteiger partial charge in [0.25, 0.3) is 11.4 Å². The molecule has 138 valence electrons. The Balaban J connectivity index is 0.000000369. The van der Waals surface area contributed by atoms with Crippen molar-refractivity contribution in [3.8, 4) is 0 Å². The van der Waals surface area contributed by atoms with Gasteiger partial charge in [0.15, 0.2) is 0 Å². The molecule has 0 spiro atoms. The van der Waals surface area contributed by atoms with Gasteiger partial charge in [0.05, 0.1) is 19.6 Å². The zero-order valence-electron chi connectivity index (χ0n) is 13.7. The number of benzene rings is 2. The SMILES string of the molecule is O=[N+]([O-])c1cccc(S(=O)(=O)c2cccc([N+](=O)[O-])c2)c1.c1ccncc1. The van der Waals surface area contributed by atoms with Gasteiger partial charge >= 0.3 is 0 Å². The number of rotatable bonds is 4. The highest BCUT2D eigenvalue weighted by Gasteiger charge is 2.22. The maximum atomic E-state index is 12.3. The summed E-state index contributed by atoms with van der Waals surface area (Å²) in [4.78, 5) is 23.1. The van der Waals surface area contributed by atoms with Gasteiger partial charge in [-0.25, -0.2) is 8.42 Å². The van der Waals surface area contributed by atoms with E-state index < -0.39 is 19.7 Å². The van der Waals surface area contributed by atoms with E-state index in [1.54, 1.807) is 12.4 Å². The molecule has 2 aromatic carbocycles. The molecule has 0 aliphatic rings. The van der Waals surface area contributed by atoms with Crippen LogP contribution in [0.5, 0.6) is 0 Å². The maximum absolute atomic E-state index is 12.3. The van der Waals surface area contributed by atoms with Gasteiger partial charge in [-0.1, -0.05) is 18.2 Å². The van der Waals surface area contributed by atoms with Crippen LogP contribution in [0.15, 0.2) is 88.9 Å². The second-order valence-corrected chi connectivity index (χ2v) is 6.99. The molecule has 0 radical (unpaired) electrons. The summed E-state index contributed by atoms with van der Waals surface area (Å²) >= 11 is 0. The van der Waals surface area contributed by atoms with Gasteiger partial charge in [-0.2, -0.15) is 0 Å². The minimum atomic E-state index is -4.06. The van der Waals surface area contributed by atoms with E-state index in [0.717, 1.165) is 24.3 Å². The van der Waals surface area contributed by atoms with Crippen LogP contribution in [0.25, 0.3) is 0 Å². The van der Waals surface area contributed by atoms with Crippen molar-refractivity contribution in [3.05, 3.63) is 99.4 Å². The van der Waals surface area contributed by atoms with Gasteiger partial charge in [-0.05, 0) is 24.3 Å². The monoisotopic (exact) mass is 387 g/mol. The molecule has 10 heteroatoms. The molecule has 9 nitrogen and oxygen atoms in total. The molecule has 27 heavy (non-hydrogen) atoms. The van der Waals surface area contributed by atoms with Crippen LogP contribution in [0.1, 0.15) is 0 Å². The Hall–Kier alpha value is -3.66. The van der Waals surface area contributed by atoms with Crippen molar-refractivity contribution < 1.29 is 18.3 Å². The molecule has 1 aromatic heterocycles. The molecular weight excluding hydrogens is 374 g/mol. The molecular formula is C17H13N3O6S. The fourth-order valence-corrected chi connectivity index (χ4v) is 3.32. The van der Waals surface area contributed by atoms with Crippen LogP contribution >= 0.6 is 0 Å². The zero-order chi connectivity index (χ0) is 19.9. The van der Waals surface area contributed by atoms with Crippen LogP contribution < -0.4 is 0 Å². The lowest BCUT2D eigenvalue weighted by Gasteiger charge is -2.04. The van der Waals surface area contributed by atoms with Crippen molar-refractivity contribution in [2.75, 3.05) is 0 Å². The topological polar surface area (TPSA) is 133 Å². The molecule has 0 aliphatic heterocycles. The molecule has 0 amide bonds. The standard InChI is InChI=1S/C12H8N2O6S.C5H5N/c15-13(16)9-3-1-5-11(7-9)21(19,20)12-6-2-4-10(8-12)14(17)18;1-2-4-6-5-3-1/h1-8H;1-5H. The molecule has 0 saturated carbocycles. The largest absolute Gasteiger partial charge is 0.270 e. The first kappa shape index (κ1) is 19.7. The smallest absolute Gasteiger partial charge is 0.265 e. The summed E-state index contributed by atoms with van der Waals surface area (Å²) < 4.78 is 24.7. The van der Waals surface area contributed by atoms with E-state index in [1.807, 2.05) is 18.2 Å². The number of hydrogen-bond donors (Lipinski definition) is 0. The first-order chi connectivity index (χ1) is 12.8. The average molecular weight is 387 g/mol. The molecule has 0 atom stereocenters. The molecule has 1 heterocycles. The number of non-ortho nitro benzene ring substituents is 2. The Morgan fingerprint density at radius 3 is 1.44 bits per heavy atom. The van der Waals surface area contributed by atoms with Crippen molar-refractivity contribution in [2.45, 2.75) is 9.79 Å². The van der Waals surface area contributed by atoms with Crippen molar-refractivity contribution in [2.24, 2.45) is 0 Å². The van der Waals surface area contributed by atoms with Crippen LogP contribution in [0.2, 0.25) is 0 Å². The van der Waals surface area contributed by atoms with Crippen molar-refractivity contribution >= 4 is 21.2 Å². The zero-order valence-corrected chi connectivity index (χ0v) is 14.5. The highest BCUT2D eigenvalue weighted by Crippen LogP contribution is 2.26. The Bertz CT molecular complexity index is 965. The van der Waals surface area contributed by atoms with Crippen LogP contribution in [0.4, 0.5) is 11.4 Å². The van der Waals surface area contributed by atoms with Crippen LogP contribution in [-0.4, -0.2) is 23.2 Å². The van der Waals surface area contributed by atoms with E-state index >= 15 is 0 Å². The number of nitro groups is 2. The Morgan fingerprint density at radius 1 is 0.704 bits per heavy atom. The molecule has 0 unspecified atom stereocenters. The third-order valence-corrected chi connectivity index (χ3v) is 4.99. The van der Waals surface area contributed by atoms with Gasteiger partial charge in [-0.15, -0.1) is 0 Å². The third-order valence-electron chi connectivity index (χ3n) is 3.24. The number of nitrogens with zero attached hydrogens (tertiary/aromatic N) is 3. The fraction of sp³-hybridized carbons (Fsp3) is 0. The molecule has 0 fully saturated rings. The van der Waals surface area contributed by atoms with E-state index in [9.17, 15) is 28.6 Å². The van der Waals surface area contributed by atoms with Gasteiger partial charge in [0.1, 0.15) is 0 Å². The van der Waals surface area contributed by atoms with E-state index in [4.69, 9.17) is 0 Å². The van der Waals surface area contributed by atoms with E-state index in [1.165, 1.54) is 24.3 Å². The van der Waals surface area contributed by atoms with Crippen LogP contribution in [0, 0.1) is 20.2 Å². The number of aromatic nitrogens is 1. The highest BCUT2D eigenvalue weighted by atomic mass is 32.2. The summed E-state index contributed by atoms with van der Waals surface area (Å²) in [7, 11) is -4.06. The van der Waals surface area contributed by atoms with Crippen molar-refractivity contribution in [1.29, 1.82) is 0 Å². The Labute approximate surface area is 154 Å². The van der Waals surface area contributed by atoms with Crippen LogP contribution in [-0.2, 0) is 9.84 Å². The molecule has 0 aliphatic carbocycles. The quantitative estimate of drug-likeness (QED) is 0.494. The maximum Gasteiger partial charge on any atom is 0.270 e. The van der Waals surface area contributed by atoms with Crippen molar-refractivity contribution in [1.82, 2.24) is 4.98 Å². The number of nitro benzene ring substituents is 2. The molecule has 3 rings (SSSR count). The van der Waals surface area contributed by atoms with Crippen LogP contribution in [0.3, 0.4) is 0 Å². The van der Waals surface area contributed by atoms with E-state index in [0.29, 0.717) is 0 Å². The number of hydrogen-bond acceptors (Lipinski definition) is 7. The van der Waals surface area contributed by atoms with E-state index in [-0.39, 0.29) is 21.2 Å². The van der Waals surface area contributed by atoms with Crippen molar-refractivity contribution in [3.63, 3.8) is 0 Å². The molecule has 0 N–H and O–H groups in total. The summed E-state index contributed by atoms with van der Waals surface area (Å²) in [6.45, 7) is 0. The molecule has 0 saturated heterocycles. The Morgan fingerprint density at radius 2 is 1.15 bits per heavy atom. The first-order valence-electron chi connectivity index (χ1n) is 7.41. The molecule has 0 bridgehead atoms. The summed E-state index contributed by atoms with van der Waals surface area (Å²) in [6, 6.07) is 14.7. The van der Waals surface area contributed by atoms with Gasteiger partial charge in [-0.3, -0.25) is 25.2 Å². The summed E-state index contributed by atoms with van der Waals surface area (Å²) in [5, 5.41) is 21.4. The minimum Gasteiger partial charge on any atom is -0.265 e. The lowest BCUT2D eigenvalue weighted by atomic mass is 10.3. The summed E-state index contributed by atoms with van der Waals surface area (Å²) in [5.41, 5.74) is -0.747. The number of pyridine rings is 1. The second-order valence-electron chi connectivity index (χ2n) is 5.04. The lowest BCUT2D eigenvalue weighted by Crippen LogP contribution is -2.03.